The van der Waals surface area contributed by atoms with Gasteiger partial charge < -0.3 is 4.74 Å². The van der Waals surface area contributed by atoms with Crippen molar-refractivity contribution in [3.63, 3.8) is 0 Å². The number of hydrogen-bond acceptors (Lipinski definition) is 3. The van der Waals surface area contributed by atoms with Gasteiger partial charge in [0.2, 0.25) is 0 Å². The van der Waals surface area contributed by atoms with Crippen LogP contribution in [0.5, 0.6) is 0 Å². The number of halogens is 2. The molecule has 0 unspecified atom stereocenters. The van der Waals surface area contributed by atoms with E-state index in [-0.39, 0.29) is 0 Å². The minimum atomic E-state index is -0.448. The van der Waals surface area contributed by atoms with Crippen LogP contribution in [0.15, 0.2) is 22.8 Å². The van der Waals surface area contributed by atoms with Crippen molar-refractivity contribution in [2.75, 3.05) is 6.61 Å². The highest BCUT2D eigenvalue weighted by Gasteiger charge is 2.17. The maximum absolute atomic E-state index is 11.7. The highest BCUT2D eigenvalue weighted by atomic mass is 79.9. The third-order valence-electron chi connectivity index (χ3n) is 2.61. The summed E-state index contributed by atoms with van der Waals surface area (Å²) in [6.45, 7) is 3.99. The minimum absolute atomic E-state index is 0.298. The molecule has 0 saturated heterocycles. The van der Waals surface area contributed by atoms with Gasteiger partial charge in [0.1, 0.15) is 0 Å². The molecule has 0 amide bonds. The van der Waals surface area contributed by atoms with Crippen LogP contribution in [0, 0.1) is 6.92 Å². The fourth-order valence-electron chi connectivity index (χ4n) is 1.74. The Labute approximate surface area is 118 Å². The van der Waals surface area contributed by atoms with Gasteiger partial charge in [-0.2, -0.15) is 0 Å². The van der Waals surface area contributed by atoms with Crippen molar-refractivity contribution < 1.29 is 9.53 Å². The molecule has 0 atom stereocenters. The average molecular weight is 329 g/mol. The van der Waals surface area contributed by atoms with E-state index >= 15 is 0 Å². The molecule has 2 rings (SSSR count). The fourth-order valence-corrected chi connectivity index (χ4v) is 2.54. The molecular formula is C13H11BrClNO2. The summed E-state index contributed by atoms with van der Waals surface area (Å²) in [6, 6.07) is 3.83. The Bertz CT molecular complexity index is 628. The van der Waals surface area contributed by atoms with E-state index in [1.807, 2.05) is 19.1 Å². The highest BCUT2D eigenvalue weighted by Crippen LogP contribution is 2.32. The predicted octanol–water partition coefficient (Wildman–Crippen LogP) is 4.14. The second-order valence-corrected chi connectivity index (χ2v) is 5.03. The summed E-state index contributed by atoms with van der Waals surface area (Å²) in [4.78, 5) is 16.0. The molecule has 0 radical (unpaired) electrons. The first kappa shape index (κ1) is 13.3. The van der Waals surface area contributed by atoms with Gasteiger partial charge in [0.15, 0.2) is 0 Å². The molecule has 94 valence electrons. The zero-order valence-corrected chi connectivity index (χ0v) is 12.3. The number of hydrogen-bond donors (Lipinski definition) is 0. The lowest BCUT2D eigenvalue weighted by Gasteiger charge is -2.09. The normalized spacial score (nSPS) is 10.7. The average Bonchev–Trinajstić information content (AvgIpc) is 2.34. The molecule has 3 nitrogen and oxygen atoms in total. The number of esters is 1. The van der Waals surface area contributed by atoms with Gasteiger partial charge in [-0.05, 0) is 41.4 Å². The summed E-state index contributed by atoms with van der Waals surface area (Å²) >= 11 is 9.71. The van der Waals surface area contributed by atoms with Gasteiger partial charge in [0, 0.05) is 16.1 Å². The molecule has 1 heterocycles. The predicted molar refractivity (Wildman–Crippen MR) is 75.1 cm³/mol. The van der Waals surface area contributed by atoms with Gasteiger partial charge in [0.05, 0.1) is 22.7 Å². The summed E-state index contributed by atoms with van der Waals surface area (Å²) in [6.07, 6.45) is 1.45. The van der Waals surface area contributed by atoms with Crippen LogP contribution in [0.1, 0.15) is 22.8 Å². The molecule has 0 aliphatic carbocycles. The SMILES string of the molecule is CCOC(=O)c1cnc2c(Br)ccc(C)c2c1Cl. The first-order chi connectivity index (χ1) is 8.56. The molecule has 5 heteroatoms. The van der Waals surface area contributed by atoms with E-state index in [1.165, 1.54) is 6.20 Å². The smallest absolute Gasteiger partial charge is 0.341 e. The van der Waals surface area contributed by atoms with Crippen LogP contribution in [0.25, 0.3) is 10.9 Å². The third-order valence-corrected chi connectivity index (χ3v) is 3.64. The Morgan fingerprint density at radius 1 is 1.50 bits per heavy atom. The molecule has 0 fully saturated rings. The fraction of sp³-hybridized carbons (Fsp3) is 0.231. The Kier molecular flexibility index (Phi) is 3.88. The van der Waals surface area contributed by atoms with Crippen LogP contribution in [0.4, 0.5) is 0 Å². The third kappa shape index (κ3) is 2.22. The highest BCUT2D eigenvalue weighted by molar-refractivity contribution is 9.10. The lowest BCUT2D eigenvalue weighted by atomic mass is 10.1. The van der Waals surface area contributed by atoms with Crippen molar-refractivity contribution in [1.82, 2.24) is 4.98 Å². The summed E-state index contributed by atoms with van der Waals surface area (Å²) in [5, 5.41) is 1.16. The lowest BCUT2D eigenvalue weighted by molar-refractivity contribution is 0.0526. The summed E-state index contributed by atoms with van der Waals surface area (Å²) in [5.74, 6) is -0.448. The summed E-state index contributed by atoms with van der Waals surface area (Å²) < 4.78 is 5.80. The lowest BCUT2D eigenvalue weighted by Crippen LogP contribution is -2.06. The number of aromatic nitrogens is 1. The molecule has 0 aliphatic heterocycles. The number of ether oxygens (including phenoxy) is 1. The molecule has 1 aromatic carbocycles. The van der Waals surface area contributed by atoms with Crippen LogP contribution in [-0.2, 0) is 4.74 Å². The van der Waals surface area contributed by atoms with Crippen LogP contribution in [-0.4, -0.2) is 17.6 Å². The molecular weight excluding hydrogens is 318 g/mol. The van der Waals surface area contributed by atoms with E-state index in [2.05, 4.69) is 20.9 Å². The zero-order chi connectivity index (χ0) is 13.3. The van der Waals surface area contributed by atoms with Crippen molar-refractivity contribution >= 4 is 44.4 Å². The largest absolute Gasteiger partial charge is 0.462 e. The quantitative estimate of drug-likeness (QED) is 0.778. The molecule has 2 aromatic rings. The summed E-state index contributed by atoms with van der Waals surface area (Å²) in [5.41, 5.74) is 2.01. The minimum Gasteiger partial charge on any atom is -0.462 e. The van der Waals surface area contributed by atoms with Gasteiger partial charge in [-0.15, -0.1) is 0 Å². The second kappa shape index (κ2) is 5.24. The first-order valence-corrected chi connectivity index (χ1v) is 6.63. The Balaban J connectivity index is 2.71. The molecule has 1 aromatic heterocycles. The van der Waals surface area contributed by atoms with E-state index in [1.54, 1.807) is 6.92 Å². The van der Waals surface area contributed by atoms with E-state index in [9.17, 15) is 4.79 Å². The number of carbonyl (C=O) groups is 1. The standard InChI is InChI=1S/C13H11BrClNO2/c1-3-18-13(17)8-6-16-12-9(14)5-4-7(2)10(12)11(8)15/h4-6H,3H2,1-2H3. The van der Waals surface area contributed by atoms with E-state index < -0.39 is 5.97 Å². The van der Waals surface area contributed by atoms with Gasteiger partial charge in [0.25, 0.3) is 0 Å². The maximum Gasteiger partial charge on any atom is 0.341 e. The molecule has 0 spiro atoms. The Morgan fingerprint density at radius 2 is 2.22 bits per heavy atom. The van der Waals surface area contributed by atoms with Crippen molar-refractivity contribution in [2.45, 2.75) is 13.8 Å². The topological polar surface area (TPSA) is 39.2 Å². The number of rotatable bonds is 2. The van der Waals surface area contributed by atoms with E-state index in [0.717, 1.165) is 20.9 Å². The van der Waals surface area contributed by atoms with Gasteiger partial charge in [-0.25, -0.2) is 4.79 Å². The van der Waals surface area contributed by atoms with E-state index in [0.29, 0.717) is 17.2 Å². The zero-order valence-electron chi connectivity index (χ0n) is 9.96. The monoisotopic (exact) mass is 327 g/mol. The second-order valence-electron chi connectivity index (χ2n) is 3.79. The number of fused-ring (bicyclic) bond motifs is 1. The van der Waals surface area contributed by atoms with Crippen LogP contribution < -0.4 is 0 Å². The first-order valence-electron chi connectivity index (χ1n) is 5.46. The van der Waals surface area contributed by atoms with Crippen molar-refractivity contribution in [1.29, 1.82) is 0 Å². The Morgan fingerprint density at radius 3 is 2.89 bits per heavy atom. The molecule has 0 saturated carbocycles. The summed E-state index contributed by atoms with van der Waals surface area (Å²) in [7, 11) is 0. The van der Waals surface area contributed by atoms with Crippen molar-refractivity contribution in [2.24, 2.45) is 0 Å². The number of pyridine rings is 1. The molecule has 18 heavy (non-hydrogen) atoms. The van der Waals surface area contributed by atoms with Crippen molar-refractivity contribution in [3.8, 4) is 0 Å². The molecule has 0 bridgehead atoms. The molecule has 0 aliphatic rings. The van der Waals surface area contributed by atoms with Crippen LogP contribution >= 0.6 is 27.5 Å². The maximum atomic E-state index is 11.7. The number of carbonyl (C=O) groups excluding carboxylic acids is 1. The van der Waals surface area contributed by atoms with Gasteiger partial charge in [-0.1, -0.05) is 17.7 Å². The van der Waals surface area contributed by atoms with Crippen LogP contribution in [0.2, 0.25) is 5.02 Å². The van der Waals surface area contributed by atoms with Crippen LogP contribution in [0.3, 0.4) is 0 Å². The number of benzene rings is 1. The number of nitrogens with zero attached hydrogens (tertiary/aromatic N) is 1. The van der Waals surface area contributed by atoms with Gasteiger partial charge >= 0.3 is 5.97 Å². The van der Waals surface area contributed by atoms with Gasteiger partial charge in [-0.3, -0.25) is 4.98 Å². The Hall–Kier alpha value is -1.13. The van der Waals surface area contributed by atoms with E-state index in [4.69, 9.17) is 16.3 Å². The molecule has 0 N–H and O–H groups in total. The van der Waals surface area contributed by atoms with Crippen molar-refractivity contribution in [3.05, 3.63) is 39.0 Å². The number of aryl methyl sites for hydroxylation is 1.